The number of aliphatic hydroxyl groups excluding tert-OH is 2. The molecular weight excluding hydrogens is 328 g/mol. The molecule has 4 N–H and O–H groups in total. The molecule has 0 spiro atoms. The van der Waals surface area contributed by atoms with Gasteiger partial charge in [-0.15, -0.1) is 0 Å². The average molecular weight is 356 g/mol. The zero-order valence-corrected chi connectivity index (χ0v) is 15.2. The Balaban J connectivity index is 1.92. The van der Waals surface area contributed by atoms with Gasteiger partial charge < -0.3 is 15.9 Å². The SMILES string of the molecule is C[C@H](CCc1ccc(C(N)=O)cc1)N(CCO)C[C@@H](O)c1ccccc1. The highest BCUT2D eigenvalue weighted by atomic mass is 16.3. The van der Waals surface area contributed by atoms with Gasteiger partial charge in [-0.3, -0.25) is 9.69 Å². The summed E-state index contributed by atoms with van der Waals surface area (Å²) < 4.78 is 0. The van der Waals surface area contributed by atoms with Crippen LogP contribution in [0.1, 0.15) is 40.9 Å². The number of nitrogens with zero attached hydrogens (tertiary/aromatic N) is 1. The number of aliphatic hydroxyl groups is 2. The molecule has 0 aliphatic carbocycles. The number of carbonyl (C=O) groups is 1. The lowest BCUT2D eigenvalue weighted by molar-refractivity contribution is 0.0749. The van der Waals surface area contributed by atoms with E-state index in [9.17, 15) is 15.0 Å². The lowest BCUT2D eigenvalue weighted by Gasteiger charge is -2.30. The highest BCUT2D eigenvalue weighted by Gasteiger charge is 2.18. The molecule has 0 bridgehead atoms. The summed E-state index contributed by atoms with van der Waals surface area (Å²) >= 11 is 0. The first-order valence-electron chi connectivity index (χ1n) is 8.98. The van der Waals surface area contributed by atoms with Gasteiger partial charge >= 0.3 is 0 Å². The molecule has 0 aromatic heterocycles. The van der Waals surface area contributed by atoms with Gasteiger partial charge in [0.05, 0.1) is 12.7 Å². The van der Waals surface area contributed by atoms with Crippen molar-refractivity contribution in [2.45, 2.75) is 31.9 Å². The van der Waals surface area contributed by atoms with E-state index in [0.29, 0.717) is 18.7 Å². The highest BCUT2D eigenvalue weighted by Crippen LogP contribution is 2.17. The maximum absolute atomic E-state index is 11.1. The number of hydrogen-bond acceptors (Lipinski definition) is 4. The molecule has 2 aromatic carbocycles. The van der Waals surface area contributed by atoms with E-state index in [1.807, 2.05) is 42.5 Å². The number of amides is 1. The number of nitrogens with two attached hydrogens (primary N) is 1. The molecule has 0 radical (unpaired) electrons. The molecule has 26 heavy (non-hydrogen) atoms. The topological polar surface area (TPSA) is 86.8 Å². The van der Waals surface area contributed by atoms with Crippen molar-refractivity contribution < 1.29 is 15.0 Å². The van der Waals surface area contributed by atoms with Crippen LogP contribution in [0.3, 0.4) is 0 Å². The van der Waals surface area contributed by atoms with Gasteiger partial charge in [-0.25, -0.2) is 0 Å². The fourth-order valence-electron chi connectivity index (χ4n) is 3.02. The first-order chi connectivity index (χ1) is 12.5. The van der Waals surface area contributed by atoms with Crippen LogP contribution >= 0.6 is 0 Å². The molecule has 0 saturated heterocycles. The van der Waals surface area contributed by atoms with E-state index in [0.717, 1.165) is 24.0 Å². The molecule has 0 unspecified atom stereocenters. The molecule has 5 heteroatoms. The minimum absolute atomic E-state index is 0.0547. The summed E-state index contributed by atoms with van der Waals surface area (Å²) in [5.74, 6) is -0.422. The second-order valence-corrected chi connectivity index (χ2v) is 6.59. The lowest BCUT2D eigenvalue weighted by atomic mass is 10.0. The monoisotopic (exact) mass is 356 g/mol. The molecule has 0 fully saturated rings. The van der Waals surface area contributed by atoms with Crippen molar-refractivity contribution in [2.75, 3.05) is 19.7 Å². The Morgan fingerprint density at radius 1 is 1.12 bits per heavy atom. The Hall–Kier alpha value is -2.21. The Kier molecular flexibility index (Phi) is 7.78. The second-order valence-electron chi connectivity index (χ2n) is 6.59. The molecule has 0 heterocycles. The van der Waals surface area contributed by atoms with Crippen molar-refractivity contribution >= 4 is 5.91 Å². The lowest BCUT2D eigenvalue weighted by Crippen LogP contribution is -2.38. The maximum Gasteiger partial charge on any atom is 0.248 e. The third-order valence-electron chi connectivity index (χ3n) is 4.69. The molecule has 0 aliphatic heterocycles. The second kappa shape index (κ2) is 10.1. The molecule has 2 atom stereocenters. The first-order valence-corrected chi connectivity index (χ1v) is 8.98. The number of benzene rings is 2. The van der Waals surface area contributed by atoms with Gasteiger partial charge in [0.25, 0.3) is 0 Å². The Morgan fingerprint density at radius 3 is 2.35 bits per heavy atom. The van der Waals surface area contributed by atoms with Crippen molar-refractivity contribution in [3.05, 3.63) is 71.3 Å². The molecular formula is C21H28N2O3. The van der Waals surface area contributed by atoms with Crippen molar-refractivity contribution in [2.24, 2.45) is 5.73 Å². The average Bonchev–Trinajstić information content (AvgIpc) is 2.66. The summed E-state index contributed by atoms with van der Waals surface area (Å²) in [5, 5.41) is 19.8. The van der Waals surface area contributed by atoms with Gasteiger partial charge in [-0.2, -0.15) is 0 Å². The van der Waals surface area contributed by atoms with E-state index in [4.69, 9.17) is 5.73 Å². The van der Waals surface area contributed by atoms with E-state index in [1.54, 1.807) is 12.1 Å². The van der Waals surface area contributed by atoms with Crippen LogP contribution in [0.4, 0.5) is 0 Å². The standard InChI is InChI=1S/C21H28N2O3/c1-16(7-8-17-9-11-19(12-10-17)21(22)26)23(13-14-24)15-20(25)18-5-3-2-4-6-18/h2-6,9-12,16,20,24-25H,7-8,13-15H2,1H3,(H2,22,26)/t16-,20-/m1/s1. The van der Waals surface area contributed by atoms with Gasteiger partial charge in [0.15, 0.2) is 0 Å². The fourth-order valence-corrected chi connectivity index (χ4v) is 3.02. The van der Waals surface area contributed by atoms with Crippen LogP contribution in [0, 0.1) is 0 Å². The van der Waals surface area contributed by atoms with E-state index < -0.39 is 12.0 Å². The van der Waals surface area contributed by atoms with Gasteiger partial charge in [0, 0.05) is 24.7 Å². The number of aryl methyl sites for hydroxylation is 1. The first kappa shape index (κ1) is 20.1. The zero-order chi connectivity index (χ0) is 18.9. The van der Waals surface area contributed by atoms with Gasteiger partial charge in [-0.05, 0) is 43.0 Å². The highest BCUT2D eigenvalue weighted by molar-refractivity contribution is 5.92. The zero-order valence-electron chi connectivity index (χ0n) is 15.2. The van der Waals surface area contributed by atoms with Crippen LogP contribution in [0.2, 0.25) is 0 Å². The summed E-state index contributed by atoms with van der Waals surface area (Å²) in [4.78, 5) is 13.2. The summed E-state index contributed by atoms with van der Waals surface area (Å²) in [6, 6.07) is 17.1. The summed E-state index contributed by atoms with van der Waals surface area (Å²) in [6.45, 7) is 3.16. The summed E-state index contributed by atoms with van der Waals surface area (Å²) in [6.07, 6.45) is 1.15. The van der Waals surface area contributed by atoms with Crippen LogP contribution in [0.15, 0.2) is 54.6 Å². The molecule has 2 rings (SSSR count). The molecule has 0 saturated carbocycles. The minimum atomic E-state index is -0.583. The number of hydrogen-bond donors (Lipinski definition) is 3. The van der Waals surface area contributed by atoms with Crippen molar-refractivity contribution in [3.8, 4) is 0 Å². The van der Waals surface area contributed by atoms with Crippen LogP contribution in [-0.4, -0.2) is 46.8 Å². The quantitative estimate of drug-likeness (QED) is 0.609. The number of rotatable bonds is 10. The summed E-state index contributed by atoms with van der Waals surface area (Å²) in [7, 11) is 0. The van der Waals surface area contributed by atoms with Gasteiger partial charge in [-0.1, -0.05) is 42.5 Å². The minimum Gasteiger partial charge on any atom is -0.395 e. The third-order valence-corrected chi connectivity index (χ3v) is 4.69. The van der Waals surface area contributed by atoms with E-state index in [-0.39, 0.29) is 12.6 Å². The van der Waals surface area contributed by atoms with Crippen molar-refractivity contribution in [1.82, 2.24) is 4.90 Å². The van der Waals surface area contributed by atoms with Gasteiger partial charge in [0.1, 0.15) is 0 Å². The fraction of sp³-hybridized carbons (Fsp3) is 0.381. The van der Waals surface area contributed by atoms with Gasteiger partial charge in [0.2, 0.25) is 5.91 Å². The van der Waals surface area contributed by atoms with Crippen LogP contribution < -0.4 is 5.73 Å². The van der Waals surface area contributed by atoms with Crippen molar-refractivity contribution in [1.29, 1.82) is 0 Å². The van der Waals surface area contributed by atoms with E-state index >= 15 is 0 Å². The normalized spacial score (nSPS) is 13.5. The maximum atomic E-state index is 11.1. The smallest absolute Gasteiger partial charge is 0.248 e. The molecule has 0 aliphatic rings. The Morgan fingerprint density at radius 2 is 1.77 bits per heavy atom. The van der Waals surface area contributed by atoms with E-state index in [2.05, 4.69) is 11.8 Å². The largest absolute Gasteiger partial charge is 0.395 e. The van der Waals surface area contributed by atoms with E-state index in [1.165, 1.54) is 0 Å². The van der Waals surface area contributed by atoms with Crippen LogP contribution in [0.5, 0.6) is 0 Å². The van der Waals surface area contributed by atoms with Crippen LogP contribution in [0.25, 0.3) is 0 Å². The molecule has 2 aromatic rings. The molecule has 140 valence electrons. The summed E-state index contributed by atoms with van der Waals surface area (Å²) in [5.41, 5.74) is 7.78. The van der Waals surface area contributed by atoms with Crippen LogP contribution in [-0.2, 0) is 6.42 Å². The molecule has 5 nitrogen and oxygen atoms in total. The molecule has 1 amide bonds. The number of carbonyl (C=O) groups excluding carboxylic acids is 1. The third kappa shape index (κ3) is 5.95. The number of primary amides is 1. The Bertz CT molecular complexity index is 673. The predicted molar refractivity (Wildman–Crippen MR) is 103 cm³/mol. The predicted octanol–water partition coefficient (Wildman–Crippen LogP) is 2.13. The Labute approximate surface area is 155 Å². The van der Waals surface area contributed by atoms with Crippen molar-refractivity contribution in [3.63, 3.8) is 0 Å².